The van der Waals surface area contributed by atoms with Crippen molar-refractivity contribution in [3.63, 3.8) is 0 Å². The van der Waals surface area contributed by atoms with Crippen molar-refractivity contribution in [3.8, 4) is 0 Å². The number of carbonyl (C=O) groups is 5. The molecule has 1 unspecified atom stereocenters. The average Bonchev–Trinajstić information content (AvgIpc) is 3.35. The van der Waals surface area contributed by atoms with E-state index in [4.69, 9.17) is 0 Å². The van der Waals surface area contributed by atoms with Crippen LogP contribution in [0.25, 0.3) is 10.9 Å². The molecule has 1 aromatic carbocycles. The Morgan fingerprint density at radius 3 is 2.52 bits per heavy atom. The molecule has 3 amide bonds. The monoisotopic (exact) mass is 606 g/mol. The summed E-state index contributed by atoms with van der Waals surface area (Å²) < 4.78 is 2.01. The summed E-state index contributed by atoms with van der Waals surface area (Å²) in [4.78, 5) is 69.2. The molecule has 0 spiro atoms. The zero-order chi connectivity index (χ0) is 31.8. The first-order chi connectivity index (χ1) is 21.1. The van der Waals surface area contributed by atoms with Crippen LogP contribution in [0.3, 0.4) is 0 Å². The Morgan fingerprint density at radius 2 is 1.77 bits per heavy atom. The highest BCUT2D eigenvalue weighted by molar-refractivity contribution is 5.98. The molecule has 0 bridgehead atoms. The number of amides is 3. The summed E-state index contributed by atoms with van der Waals surface area (Å²) in [6, 6.07) is 5.66. The summed E-state index contributed by atoms with van der Waals surface area (Å²) in [5, 5.41) is 7.05. The standard InChI is InChI=1S/C35H50N4O5/c1-5-23(3)32-35(44)39-19-13-12-18-30(39)31(41)21-24(14-8-7-9-15-26(40)6-2)33(42)36-28(34(43)37-32)20-25-22-38(4)29-17-11-10-16-27(25)29/h10-11,16-17,22-24,28,30,32H,5-9,12-15,18-21H2,1-4H3,(H,36,42)(H,37,43)/t23?,24-,28+,30-,32+/m1/s1. The molecule has 0 saturated carbocycles. The number of ketones is 2. The predicted molar refractivity (Wildman–Crippen MR) is 171 cm³/mol. The molecule has 4 rings (SSSR count). The second-order valence-corrected chi connectivity index (χ2v) is 12.8. The number of nitrogens with one attached hydrogen (secondary N) is 2. The van der Waals surface area contributed by atoms with Crippen molar-refractivity contribution in [2.45, 2.75) is 116 Å². The van der Waals surface area contributed by atoms with Crippen molar-refractivity contribution < 1.29 is 24.0 Å². The minimum absolute atomic E-state index is 0.0325. The Balaban J connectivity index is 1.65. The molecular weight excluding hydrogens is 556 g/mol. The Hall–Kier alpha value is -3.49. The molecule has 0 radical (unpaired) electrons. The molecule has 0 aliphatic carbocycles. The van der Waals surface area contributed by atoms with Gasteiger partial charge in [0, 0.05) is 62.3 Å². The third-order valence-electron chi connectivity index (χ3n) is 9.69. The number of para-hydroxylation sites is 1. The Bertz CT molecular complexity index is 1350. The quantitative estimate of drug-likeness (QED) is 0.362. The molecule has 2 aliphatic heterocycles. The van der Waals surface area contributed by atoms with Gasteiger partial charge in [-0.3, -0.25) is 24.0 Å². The normalized spacial score (nSPS) is 24.2. The van der Waals surface area contributed by atoms with Gasteiger partial charge in [0.05, 0.1) is 6.04 Å². The number of rotatable bonds is 11. The lowest BCUT2D eigenvalue weighted by molar-refractivity contribution is -0.147. The molecule has 2 aliphatic rings. The molecule has 2 fully saturated rings. The first kappa shape index (κ1) is 33.4. The largest absolute Gasteiger partial charge is 0.350 e. The summed E-state index contributed by atoms with van der Waals surface area (Å²) in [5.41, 5.74) is 1.95. The molecule has 2 aromatic rings. The number of benzene rings is 1. The van der Waals surface area contributed by atoms with Gasteiger partial charge >= 0.3 is 0 Å². The van der Waals surface area contributed by atoms with Gasteiger partial charge in [-0.2, -0.15) is 0 Å². The van der Waals surface area contributed by atoms with Crippen LogP contribution in [0.1, 0.15) is 97.0 Å². The zero-order valence-corrected chi connectivity index (χ0v) is 26.9. The van der Waals surface area contributed by atoms with Crippen LogP contribution < -0.4 is 10.6 Å². The molecule has 240 valence electrons. The fraction of sp³-hybridized carbons (Fsp3) is 0.629. The first-order valence-corrected chi connectivity index (χ1v) is 16.6. The van der Waals surface area contributed by atoms with Gasteiger partial charge in [0.15, 0.2) is 5.78 Å². The summed E-state index contributed by atoms with van der Waals surface area (Å²) in [7, 11) is 1.95. The number of piperidine rings is 1. The molecule has 9 heteroatoms. The number of unbranched alkanes of at least 4 members (excludes halogenated alkanes) is 2. The fourth-order valence-electron chi connectivity index (χ4n) is 6.72. The molecule has 2 saturated heterocycles. The van der Waals surface area contributed by atoms with E-state index < -0.39 is 24.0 Å². The lowest BCUT2D eigenvalue weighted by Crippen LogP contribution is -2.61. The maximum atomic E-state index is 14.0. The molecule has 1 aromatic heterocycles. The van der Waals surface area contributed by atoms with E-state index in [1.807, 2.05) is 62.8 Å². The number of aryl methyl sites for hydroxylation is 1. The lowest BCUT2D eigenvalue weighted by Gasteiger charge is -2.39. The Kier molecular flexibility index (Phi) is 11.8. The highest BCUT2D eigenvalue weighted by atomic mass is 16.2. The van der Waals surface area contributed by atoms with E-state index in [1.165, 1.54) is 0 Å². The van der Waals surface area contributed by atoms with E-state index in [2.05, 4.69) is 10.6 Å². The van der Waals surface area contributed by atoms with Crippen molar-refractivity contribution in [1.29, 1.82) is 0 Å². The van der Waals surface area contributed by atoms with Crippen LogP contribution in [-0.2, 0) is 37.4 Å². The Labute approximate surface area is 261 Å². The maximum absolute atomic E-state index is 14.0. The highest BCUT2D eigenvalue weighted by Crippen LogP contribution is 2.27. The van der Waals surface area contributed by atoms with Crippen molar-refractivity contribution in [1.82, 2.24) is 20.1 Å². The molecule has 5 atom stereocenters. The van der Waals surface area contributed by atoms with Gasteiger partial charge in [-0.25, -0.2) is 0 Å². The van der Waals surface area contributed by atoms with E-state index in [1.54, 1.807) is 4.90 Å². The van der Waals surface area contributed by atoms with Gasteiger partial charge in [0.25, 0.3) is 0 Å². The number of aromatic nitrogens is 1. The van der Waals surface area contributed by atoms with Gasteiger partial charge < -0.3 is 20.1 Å². The first-order valence-electron chi connectivity index (χ1n) is 16.6. The van der Waals surface area contributed by atoms with Crippen molar-refractivity contribution in [2.75, 3.05) is 6.54 Å². The molecule has 2 N–H and O–H groups in total. The second kappa shape index (κ2) is 15.5. The summed E-state index contributed by atoms with van der Waals surface area (Å²) >= 11 is 0. The van der Waals surface area contributed by atoms with Gasteiger partial charge in [-0.1, -0.05) is 58.2 Å². The van der Waals surface area contributed by atoms with Crippen LogP contribution >= 0.6 is 0 Å². The topological polar surface area (TPSA) is 118 Å². The number of fused-ring (bicyclic) bond motifs is 2. The minimum atomic E-state index is -0.913. The smallest absolute Gasteiger partial charge is 0.246 e. The molecular formula is C35H50N4O5. The summed E-state index contributed by atoms with van der Waals surface area (Å²) in [5.74, 6) is -1.52. The third-order valence-corrected chi connectivity index (χ3v) is 9.69. The van der Waals surface area contributed by atoms with E-state index in [0.29, 0.717) is 45.1 Å². The van der Waals surface area contributed by atoms with Crippen molar-refractivity contribution >= 4 is 40.2 Å². The lowest BCUT2D eigenvalue weighted by atomic mass is 9.87. The highest BCUT2D eigenvalue weighted by Gasteiger charge is 2.40. The van der Waals surface area contributed by atoms with Crippen LogP contribution in [0.2, 0.25) is 0 Å². The van der Waals surface area contributed by atoms with E-state index in [9.17, 15) is 24.0 Å². The Morgan fingerprint density at radius 1 is 1.00 bits per heavy atom. The zero-order valence-electron chi connectivity index (χ0n) is 26.9. The van der Waals surface area contributed by atoms with E-state index >= 15 is 0 Å². The SMILES string of the molecule is CCC(=O)CCCCC[C@@H]1CC(=O)[C@H]2CCCCN2C(=O)[C@H](C(C)CC)NC(=O)[C@H](Cc2cn(C)c3ccccc23)NC1=O. The van der Waals surface area contributed by atoms with Crippen LogP contribution in [0, 0.1) is 11.8 Å². The molecule has 3 heterocycles. The van der Waals surface area contributed by atoms with Crippen molar-refractivity contribution in [2.24, 2.45) is 18.9 Å². The predicted octanol–water partition coefficient (Wildman–Crippen LogP) is 4.64. The van der Waals surface area contributed by atoms with Crippen LogP contribution in [0.15, 0.2) is 30.5 Å². The number of hydrogen-bond donors (Lipinski definition) is 2. The van der Waals surface area contributed by atoms with E-state index in [-0.39, 0.29) is 48.0 Å². The number of nitrogens with zero attached hydrogens (tertiary/aromatic N) is 2. The fourth-order valence-corrected chi connectivity index (χ4v) is 6.72. The van der Waals surface area contributed by atoms with Gasteiger partial charge in [0.2, 0.25) is 17.7 Å². The second-order valence-electron chi connectivity index (χ2n) is 12.8. The summed E-state index contributed by atoms with van der Waals surface area (Å²) in [6.45, 7) is 6.26. The number of Topliss-reactive ketones (excluding diaryl/α,β-unsaturated/α-hetero) is 2. The third kappa shape index (κ3) is 7.96. The van der Waals surface area contributed by atoms with Crippen LogP contribution in [-0.4, -0.2) is 63.4 Å². The van der Waals surface area contributed by atoms with Gasteiger partial charge in [-0.05, 0) is 49.7 Å². The van der Waals surface area contributed by atoms with Crippen molar-refractivity contribution in [3.05, 3.63) is 36.0 Å². The summed E-state index contributed by atoms with van der Waals surface area (Å²) in [6.07, 6.45) is 8.94. The molecule has 9 nitrogen and oxygen atoms in total. The maximum Gasteiger partial charge on any atom is 0.246 e. The van der Waals surface area contributed by atoms with Gasteiger partial charge in [-0.15, -0.1) is 0 Å². The average molecular weight is 607 g/mol. The van der Waals surface area contributed by atoms with Crippen LogP contribution in [0.4, 0.5) is 0 Å². The minimum Gasteiger partial charge on any atom is -0.350 e. The number of carbonyl (C=O) groups excluding carboxylic acids is 5. The van der Waals surface area contributed by atoms with E-state index in [0.717, 1.165) is 42.1 Å². The van der Waals surface area contributed by atoms with Crippen LogP contribution in [0.5, 0.6) is 0 Å². The van der Waals surface area contributed by atoms with Gasteiger partial charge in [0.1, 0.15) is 17.9 Å². The molecule has 44 heavy (non-hydrogen) atoms. The number of hydrogen-bond acceptors (Lipinski definition) is 5.